The van der Waals surface area contributed by atoms with E-state index in [4.69, 9.17) is 14.7 Å². The van der Waals surface area contributed by atoms with Gasteiger partial charge in [-0.1, -0.05) is 0 Å². The van der Waals surface area contributed by atoms with Gasteiger partial charge < -0.3 is 9.47 Å². The third-order valence-corrected chi connectivity index (χ3v) is 4.45. The van der Waals surface area contributed by atoms with Gasteiger partial charge in [0, 0.05) is 26.9 Å². The van der Waals surface area contributed by atoms with Gasteiger partial charge in [-0.05, 0) is 34.1 Å². The van der Waals surface area contributed by atoms with Crippen molar-refractivity contribution in [3.05, 3.63) is 50.3 Å². The van der Waals surface area contributed by atoms with E-state index in [1.807, 2.05) is 17.5 Å². The highest BCUT2D eigenvalue weighted by atomic mass is 79.9. The van der Waals surface area contributed by atoms with Crippen LogP contribution in [0.3, 0.4) is 0 Å². The molecule has 0 spiro atoms. The Morgan fingerprint density at radius 3 is 3.00 bits per heavy atom. The van der Waals surface area contributed by atoms with Gasteiger partial charge in [0.15, 0.2) is 12.4 Å². The standard InChI is InChI=1S/C15H8BrNO3S/c16-9-5-11(21-8-9)7-14-15(18)12-2-1-10(19-4-3-17)6-13(12)20-14/h1-2,5-8H,4H2. The van der Waals surface area contributed by atoms with Gasteiger partial charge in [-0.2, -0.15) is 5.26 Å². The van der Waals surface area contributed by atoms with Crippen molar-refractivity contribution in [2.24, 2.45) is 0 Å². The first-order chi connectivity index (χ1) is 10.2. The second-order valence-corrected chi connectivity index (χ2v) is 6.07. The number of allylic oxidation sites excluding steroid dienone is 1. The number of benzene rings is 1. The van der Waals surface area contributed by atoms with E-state index in [0.717, 1.165) is 9.35 Å². The number of ether oxygens (including phenoxy) is 2. The molecular weight excluding hydrogens is 354 g/mol. The summed E-state index contributed by atoms with van der Waals surface area (Å²) in [6, 6.07) is 8.73. The Kier molecular flexibility index (Phi) is 3.78. The van der Waals surface area contributed by atoms with Crippen molar-refractivity contribution >= 4 is 39.1 Å². The van der Waals surface area contributed by atoms with Gasteiger partial charge in [0.2, 0.25) is 5.78 Å². The number of nitriles is 1. The Morgan fingerprint density at radius 2 is 2.29 bits per heavy atom. The minimum Gasteiger partial charge on any atom is -0.479 e. The summed E-state index contributed by atoms with van der Waals surface area (Å²) >= 11 is 4.89. The van der Waals surface area contributed by atoms with Crippen LogP contribution in [-0.2, 0) is 0 Å². The fraction of sp³-hybridized carbons (Fsp3) is 0.0667. The van der Waals surface area contributed by atoms with Crippen molar-refractivity contribution < 1.29 is 14.3 Å². The molecule has 2 heterocycles. The first kappa shape index (κ1) is 13.9. The number of thiophene rings is 1. The molecule has 0 unspecified atom stereocenters. The smallest absolute Gasteiger partial charge is 0.232 e. The first-order valence-electron chi connectivity index (χ1n) is 5.99. The van der Waals surface area contributed by atoms with Crippen LogP contribution in [0.15, 0.2) is 39.9 Å². The third kappa shape index (κ3) is 2.84. The van der Waals surface area contributed by atoms with Crippen LogP contribution in [0.1, 0.15) is 15.2 Å². The molecule has 0 atom stereocenters. The number of carbonyl (C=O) groups is 1. The van der Waals surface area contributed by atoms with E-state index in [1.54, 1.807) is 24.3 Å². The van der Waals surface area contributed by atoms with Crippen molar-refractivity contribution in [1.82, 2.24) is 0 Å². The maximum Gasteiger partial charge on any atom is 0.232 e. The van der Waals surface area contributed by atoms with Gasteiger partial charge >= 0.3 is 0 Å². The summed E-state index contributed by atoms with van der Waals surface area (Å²) in [5.74, 6) is 1.10. The van der Waals surface area contributed by atoms with Crippen LogP contribution in [0, 0.1) is 11.3 Å². The number of hydrogen-bond donors (Lipinski definition) is 0. The van der Waals surface area contributed by atoms with Crippen LogP contribution in [0.25, 0.3) is 6.08 Å². The van der Waals surface area contributed by atoms with E-state index in [1.165, 1.54) is 11.3 Å². The first-order valence-corrected chi connectivity index (χ1v) is 7.67. The molecule has 0 fully saturated rings. The zero-order chi connectivity index (χ0) is 14.8. The number of hydrogen-bond acceptors (Lipinski definition) is 5. The van der Waals surface area contributed by atoms with Crippen LogP contribution < -0.4 is 9.47 Å². The summed E-state index contributed by atoms with van der Waals surface area (Å²) in [6.45, 7) is -0.0430. The molecule has 0 aliphatic carbocycles. The summed E-state index contributed by atoms with van der Waals surface area (Å²) in [7, 11) is 0. The van der Waals surface area contributed by atoms with Gasteiger partial charge in [-0.25, -0.2) is 0 Å². The highest BCUT2D eigenvalue weighted by Gasteiger charge is 2.27. The van der Waals surface area contributed by atoms with Crippen molar-refractivity contribution in [3.8, 4) is 17.6 Å². The predicted octanol–water partition coefficient (Wildman–Crippen LogP) is 4.03. The lowest BCUT2D eigenvalue weighted by molar-refractivity contribution is 0.101. The molecule has 2 aromatic rings. The molecule has 6 heteroatoms. The Labute approximate surface area is 133 Å². The minimum absolute atomic E-state index is 0.0430. The molecule has 21 heavy (non-hydrogen) atoms. The topological polar surface area (TPSA) is 59.3 Å². The fourth-order valence-corrected chi connectivity index (χ4v) is 3.27. The van der Waals surface area contributed by atoms with Crippen LogP contribution in [0.5, 0.6) is 11.5 Å². The van der Waals surface area contributed by atoms with Crippen molar-refractivity contribution in [1.29, 1.82) is 5.26 Å². The highest BCUT2D eigenvalue weighted by Crippen LogP contribution is 2.35. The molecule has 0 bridgehead atoms. The van der Waals surface area contributed by atoms with Crippen LogP contribution in [0.4, 0.5) is 0 Å². The van der Waals surface area contributed by atoms with E-state index < -0.39 is 0 Å². The predicted molar refractivity (Wildman–Crippen MR) is 82.5 cm³/mol. The zero-order valence-electron chi connectivity index (χ0n) is 10.6. The van der Waals surface area contributed by atoms with E-state index in [0.29, 0.717) is 17.1 Å². The number of Topliss-reactive ketones (excluding diaryl/α,β-unsaturated/α-hetero) is 1. The van der Waals surface area contributed by atoms with Gasteiger partial charge in [-0.15, -0.1) is 11.3 Å². The van der Waals surface area contributed by atoms with Crippen molar-refractivity contribution in [3.63, 3.8) is 0 Å². The molecule has 1 aromatic carbocycles. The minimum atomic E-state index is -0.152. The van der Waals surface area contributed by atoms with E-state index in [2.05, 4.69) is 15.9 Å². The quantitative estimate of drug-likeness (QED) is 0.774. The molecule has 1 aliphatic rings. The van der Waals surface area contributed by atoms with E-state index in [9.17, 15) is 4.79 Å². The molecule has 1 aromatic heterocycles. The van der Waals surface area contributed by atoms with Gasteiger partial charge in [0.05, 0.1) is 5.56 Å². The average molecular weight is 362 g/mol. The number of ketones is 1. The molecule has 1 aliphatic heterocycles. The summed E-state index contributed by atoms with van der Waals surface area (Å²) in [6.07, 6.45) is 1.72. The SMILES string of the molecule is N#CCOc1ccc2c(c1)OC(=Cc1cc(Br)cs1)C2=O. The Balaban J connectivity index is 1.88. The molecule has 3 rings (SSSR count). The van der Waals surface area contributed by atoms with E-state index in [-0.39, 0.29) is 18.1 Å². The van der Waals surface area contributed by atoms with Crippen LogP contribution >= 0.6 is 27.3 Å². The number of carbonyl (C=O) groups excluding carboxylic acids is 1. The third-order valence-electron chi connectivity index (χ3n) is 2.81. The van der Waals surface area contributed by atoms with Crippen molar-refractivity contribution in [2.45, 2.75) is 0 Å². The summed E-state index contributed by atoms with van der Waals surface area (Å²) < 4.78 is 11.8. The molecule has 4 nitrogen and oxygen atoms in total. The Bertz CT molecular complexity index is 788. The molecule has 104 valence electrons. The van der Waals surface area contributed by atoms with Crippen LogP contribution in [0.2, 0.25) is 0 Å². The van der Waals surface area contributed by atoms with Crippen LogP contribution in [-0.4, -0.2) is 12.4 Å². The molecule has 0 saturated carbocycles. The monoisotopic (exact) mass is 361 g/mol. The molecule has 0 amide bonds. The number of nitrogens with zero attached hydrogens (tertiary/aromatic N) is 1. The Morgan fingerprint density at radius 1 is 1.43 bits per heavy atom. The number of rotatable bonds is 3. The normalized spacial score (nSPS) is 14.7. The molecule has 0 saturated heterocycles. The average Bonchev–Trinajstić information content (AvgIpc) is 3.01. The fourth-order valence-electron chi connectivity index (χ4n) is 1.91. The summed E-state index contributed by atoms with van der Waals surface area (Å²) in [5, 5.41) is 10.4. The lowest BCUT2D eigenvalue weighted by atomic mass is 10.1. The van der Waals surface area contributed by atoms with Crippen molar-refractivity contribution in [2.75, 3.05) is 6.61 Å². The second-order valence-electron chi connectivity index (χ2n) is 4.21. The molecular formula is C15H8BrNO3S. The van der Waals surface area contributed by atoms with Gasteiger partial charge in [-0.3, -0.25) is 4.79 Å². The van der Waals surface area contributed by atoms with E-state index >= 15 is 0 Å². The molecule has 0 N–H and O–H groups in total. The molecule has 0 radical (unpaired) electrons. The summed E-state index contributed by atoms with van der Waals surface area (Å²) in [5.41, 5.74) is 0.501. The van der Waals surface area contributed by atoms with Gasteiger partial charge in [0.1, 0.15) is 17.6 Å². The second kappa shape index (κ2) is 5.72. The highest BCUT2D eigenvalue weighted by molar-refractivity contribution is 9.10. The van der Waals surface area contributed by atoms with Gasteiger partial charge in [0.25, 0.3) is 0 Å². The lowest BCUT2D eigenvalue weighted by Gasteiger charge is -2.02. The maximum atomic E-state index is 12.2. The largest absolute Gasteiger partial charge is 0.479 e. The Hall–Kier alpha value is -2.10. The summed E-state index contributed by atoms with van der Waals surface area (Å²) in [4.78, 5) is 13.2. The number of halogens is 1. The number of fused-ring (bicyclic) bond motifs is 1. The zero-order valence-corrected chi connectivity index (χ0v) is 13.0. The lowest BCUT2D eigenvalue weighted by Crippen LogP contribution is -1.97. The maximum absolute atomic E-state index is 12.2.